The smallest absolute Gasteiger partial charge is 0.119 e. The molecule has 0 bridgehead atoms. The number of hydrogen-bond acceptors (Lipinski definition) is 2. The van der Waals surface area contributed by atoms with Crippen LogP contribution in [0.4, 0.5) is 0 Å². The Balaban J connectivity index is 1.73. The molecular weight excluding hydrogens is 260 g/mol. The fraction of sp³-hybridized carbons (Fsp3) is 0.250. The zero-order valence-electron chi connectivity index (χ0n) is 10.5. The molecule has 0 amide bonds. The first-order chi connectivity index (χ1) is 9.20. The first-order valence-corrected chi connectivity index (χ1v) is 6.74. The Morgan fingerprint density at radius 1 is 1.05 bits per heavy atom. The van der Waals surface area contributed by atoms with Gasteiger partial charge in [0.15, 0.2) is 0 Å². The van der Waals surface area contributed by atoms with Crippen LogP contribution in [0.15, 0.2) is 48.5 Å². The summed E-state index contributed by atoms with van der Waals surface area (Å²) in [6, 6.07) is 14.9. The number of benzene rings is 2. The zero-order chi connectivity index (χ0) is 13.3. The van der Waals surface area contributed by atoms with Crippen molar-refractivity contribution in [3.05, 3.63) is 59.1 Å². The van der Waals surface area contributed by atoms with E-state index in [0.717, 1.165) is 24.2 Å². The zero-order valence-corrected chi connectivity index (χ0v) is 11.2. The average Bonchev–Trinajstić information content (AvgIpc) is 3.20. The minimum atomic E-state index is -0.0228. The van der Waals surface area contributed by atoms with Crippen LogP contribution in [-0.4, -0.2) is 11.7 Å². The molecule has 0 spiro atoms. The van der Waals surface area contributed by atoms with Gasteiger partial charge in [0.25, 0.3) is 0 Å². The van der Waals surface area contributed by atoms with Gasteiger partial charge < -0.3 is 9.84 Å². The summed E-state index contributed by atoms with van der Waals surface area (Å²) in [4.78, 5) is 0. The van der Waals surface area contributed by atoms with Gasteiger partial charge in [-0.2, -0.15) is 0 Å². The maximum atomic E-state index is 9.95. The van der Waals surface area contributed by atoms with Crippen LogP contribution in [0.25, 0.3) is 0 Å². The minimum Gasteiger partial charge on any atom is -0.508 e. The fourth-order valence-corrected chi connectivity index (χ4v) is 2.44. The van der Waals surface area contributed by atoms with E-state index >= 15 is 0 Å². The standard InChI is InChI=1S/C16H15ClO2/c17-12-5-7-13(8-6-12)19-11-16(9-10-16)14-3-1-2-4-15(14)18/h1-8,18H,9-11H2. The van der Waals surface area contributed by atoms with E-state index in [1.54, 1.807) is 6.07 Å². The minimum absolute atomic E-state index is 0.0228. The highest BCUT2D eigenvalue weighted by atomic mass is 35.5. The van der Waals surface area contributed by atoms with E-state index in [4.69, 9.17) is 16.3 Å². The van der Waals surface area contributed by atoms with Crippen molar-refractivity contribution in [2.45, 2.75) is 18.3 Å². The van der Waals surface area contributed by atoms with Gasteiger partial charge in [-0.15, -0.1) is 0 Å². The predicted octanol–water partition coefficient (Wildman–Crippen LogP) is 4.16. The molecule has 98 valence electrons. The van der Waals surface area contributed by atoms with E-state index in [9.17, 15) is 5.11 Å². The number of rotatable bonds is 4. The summed E-state index contributed by atoms with van der Waals surface area (Å²) in [7, 11) is 0. The lowest BCUT2D eigenvalue weighted by Crippen LogP contribution is -2.17. The van der Waals surface area contributed by atoms with Crippen LogP contribution < -0.4 is 4.74 Å². The van der Waals surface area contributed by atoms with E-state index in [1.807, 2.05) is 42.5 Å². The van der Waals surface area contributed by atoms with Gasteiger partial charge in [-0.25, -0.2) is 0 Å². The monoisotopic (exact) mass is 274 g/mol. The Hall–Kier alpha value is -1.67. The number of halogens is 1. The van der Waals surface area contributed by atoms with E-state index in [0.29, 0.717) is 17.4 Å². The van der Waals surface area contributed by atoms with Crippen LogP contribution in [0.5, 0.6) is 11.5 Å². The highest BCUT2D eigenvalue weighted by molar-refractivity contribution is 6.30. The number of aromatic hydroxyl groups is 1. The SMILES string of the molecule is Oc1ccccc1C1(COc2ccc(Cl)cc2)CC1. The summed E-state index contributed by atoms with van der Waals surface area (Å²) in [5, 5.41) is 10.6. The number of phenolic OH excluding ortho intramolecular Hbond substituents is 1. The second kappa shape index (κ2) is 4.78. The number of ether oxygens (including phenoxy) is 1. The van der Waals surface area contributed by atoms with Crippen molar-refractivity contribution < 1.29 is 9.84 Å². The number of phenols is 1. The Labute approximate surface area is 117 Å². The summed E-state index contributed by atoms with van der Waals surface area (Å²) >= 11 is 5.84. The number of para-hydroxylation sites is 1. The summed E-state index contributed by atoms with van der Waals surface area (Å²) in [6.45, 7) is 0.589. The van der Waals surface area contributed by atoms with Crippen LogP contribution in [-0.2, 0) is 5.41 Å². The predicted molar refractivity (Wildman–Crippen MR) is 76.0 cm³/mol. The molecule has 1 N–H and O–H groups in total. The largest absolute Gasteiger partial charge is 0.508 e. The van der Waals surface area contributed by atoms with Gasteiger partial charge >= 0.3 is 0 Å². The number of hydrogen-bond donors (Lipinski definition) is 1. The highest BCUT2D eigenvalue weighted by Crippen LogP contribution is 2.51. The molecule has 0 radical (unpaired) electrons. The Kier molecular flexibility index (Phi) is 3.11. The van der Waals surface area contributed by atoms with Crippen molar-refractivity contribution in [3.8, 4) is 11.5 Å². The van der Waals surface area contributed by atoms with Crippen molar-refractivity contribution in [2.24, 2.45) is 0 Å². The molecule has 1 aliphatic carbocycles. The lowest BCUT2D eigenvalue weighted by atomic mass is 9.96. The molecular formula is C16H15ClO2. The molecule has 0 unspecified atom stereocenters. The second-order valence-electron chi connectivity index (χ2n) is 5.04. The van der Waals surface area contributed by atoms with Gasteiger partial charge in [-0.3, -0.25) is 0 Å². The van der Waals surface area contributed by atoms with Crippen molar-refractivity contribution in [3.63, 3.8) is 0 Å². The molecule has 1 fully saturated rings. The lowest BCUT2D eigenvalue weighted by Gasteiger charge is -2.18. The Morgan fingerprint density at radius 3 is 2.37 bits per heavy atom. The summed E-state index contributed by atoms with van der Waals surface area (Å²) < 4.78 is 5.83. The maximum Gasteiger partial charge on any atom is 0.119 e. The van der Waals surface area contributed by atoms with Crippen molar-refractivity contribution >= 4 is 11.6 Å². The molecule has 2 aromatic carbocycles. The van der Waals surface area contributed by atoms with Crippen LogP contribution in [0.1, 0.15) is 18.4 Å². The van der Waals surface area contributed by atoms with Gasteiger partial charge in [0.1, 0.15) is 11.5 Å². The third-order valence-corrected chi connectivity index (χ3v) is 3.91. The van der Waals surface area contributed by atoms with Gasteiger partial charge in [-0.05, 0) is 43.2 Å². The van der Waals surface area contributed by atoms with E-state index < -0.39 is 0 Å². The summed E-state index contributed by atoms with van der Waals surface area (Å²) in [5.74, 6) is 1.17. The first kappa shape index (κ1) is 12.4. The van der Waals surface area contributed by atoms with Gasteiger partial charge in [0.2, 0.25) is 0 Å². The average molecular weight is 275 g/mol. The Bertz CT molecular complexity index is 574. The quantitative estimate of drug-likeness (QED) is 0.907. The van der Waals surface area contributed by atoms with E-state index in [2.05, 4.69) is 0 Å². The van der Waals surface area contributed by atoms with Crippen molar-refractivity contribution in [1.29, 1.82) is 0 Å². The molecule has 0 saturated heterocycles. The molecule has 3 rings (SSSR count). The molecule has 2 aromatic rings. The van der Waals surface area contributed by atoms with Gasteiger partial charge in [-0.1, -0.05) is 29.8 Å². The normalized spacial score (nSPS) is 16.1. The molecule has 0 heterocycles. The lowest BCUT2D eigenvalue weighted by molar-refractivity contribution is 0.274. The van der Waals surface area contributed by atoms with E-state index in [-0.39, 0.29) is 5.41 Å². The molecule has 1 saturated carbocycles. The van der Waals surface area contributed by atoms with Crippen LogP contribution in [0.2, 0.25) is 5.02 Å². The van der Waals surface area contributed by atoms with Gasteiger partial charge in [0.05, 0.1) is 6.61 Å². The third kappa shape index (κ3) is 2.54. The maximum absolute atomic E-state index is 9.95. The third-order valence-electron chi connectivity index (χ3n) is 3.66. The molecule has 1 aliphatic rings. The molecule has 0 atom stereocenters. The highest BCUT2D eigenvalue weighted by Gasteiger charge is 2.46. The topological polar surface area (TPSA) is 29.5 Å². The summed E-state index contributed by atoms with van der Waals surface area (Å²) in [6.07, 6.45) is 2.11. The second-order valence-corrected chi connectivity index (χ2v) is 5.48. The van der Waals surface area contributed by atoms with E-state index in [1.165, 1.54) is 0 Å². The van der Waals surface area contributed by atoms with Gasteiger partial charge in [0, 0.05) is 16.0 Å². The van der Waals surface area contributed by atoms with Crippen molar-refractivity contribution in [2.75, 3.05) is 6.61 Å². The first-order valence-electron chi connectivity index (χ1n) is 6.36. The molecule has 2 nitrogen and oxygen atoms in total. The van der Waals surface area contributed by atoms with Crippen LogP contribution in [0.3, 0.4) is 0 Å². The summed E-state index contributed by atoms with van der Waals surface area (Å²) in [5.41, 5.74) is 0.967. The van der Waals surface area contributed by atoms with Crippen LogP contribution in [0, 0.1) is 0 Å². The molecule has 0 aromatic heterocycles. The molecule has 19 heavy (non-hydrogen) atoms. The molecule has 0 aliphatic heterocycles. The fourth-order valence-electron chi connectivity index (χ4n) is 2.32. The molecule has 3 heteroatoms. The Morgan fingerprint density at radius 2 is 1.74 bits per heavy atom. The van der Waals surface area contributed by atoms with Crippen molar-refractivity contribution in [1.82, 2.24) is 0 Å². The van der Waals surface area contributed by atoms with Crippen LogP contribution >= 0.6 is 11.6 Å².